The van der Waals surface area contributed by atoms with Crippen molar-refractivity contribution in [3.05, 3.63) is 70.1 Å². The Morgan fingerprint density at radius 1 is 1.43 bits per heavy atom. The van der Waals surface area contributed by atoms with Crippen LogP contribution in [0, 0.1) is 18.3 Å². The highest BCUT2D eigenvalue weighted by molar-refractivity contribution is 9.10. The molecular formula is C17H15BrN4O. The Morgan fingerprint density at radius 2 is 2.26 bits per heavy atom. The van der Waals surface area contributed by atoms with Crippen molar-refractivity contribution in [1.29, 1.82) is 5.26 Å². The van der Waals surface area contributed by atoms with E-state index < -0.39 is 5.91 Å². The molecule has 0 fully saturated rings. The highest BCUT2D eigenvalue weighted by atomic mass is 79.9. The molecule has 0 spiro atoms. The second-order valence-electron chi connectivity index (χ2n) is 4.82. The van der Waals surface area contributed by atoms with Crippen LogP contribution in [-0.2, 0) is 11.3 Å². The van der Waals surface area contributed by atoms with Gasteiger partial charge in [0, 0.05) is 35.3 Å². The van der Waals surface area contributed by atoms with Crippen LogP contribution < -0.4 is 10.6 Å². The first-order valence-electron chi connectivity index (χ1n) is 6.90. The summed E-state index contributed by atoms with van der Waals surface area (Å²) in [7, 11) is 0. The summed E-state index contributed by atoms with van der Waals surface area (Å²) in [6.07, 6.45) is 4.74. The normalized spacial score (nSPS) is 10.7. The Bertz CT molecular complexity index is 766. The number of hydrogen-bond donors (Lipinski definition) is 2. The summed E-state index contributed by atoms with van der Waals surface area (Å²) >= 11 is 3.39. The first-order valence-corrected chi connectivity index (χ1v) is 7.69. The number of carbonyl (C=O) groups excluding carboxylic acids is 1. The molecule has 0 saturated heterocycles. The highest BCUT2D eigenvalue weighted by Crippen LogP contribution is 2.20. The molecule has 2 N–H and O–H groups in total. The lowest BCUT2D eigenvalue weighted by atomic mass is 10.2. The number of nitrogens with zero attached hydrogens (tertiary/aromatic N) is 2. The molecule has 0 radical (unpaired) electrons. The monoisotopic (exact) mass is 370 g/mol. The van der Waals surface area contributed by atoms with E-state index in [9.17, 15) is 4.79 Å². The SMILES string of the molecule is Cc1cc(Br)ccc1N/C=C(/C#N)C(=O)NCc1cccnc1. The summed E-state index contributed by atoms with van der Waals surface area (Å²) in [6, 6.07) is 11.3. The molecule has 1 heterocycles. The average molecular weight is 371 g/mol. The number of halogens is 1. The molecule has 0 unspecified atom stereocenters. The largest absolute Gasteiger partial charge is 0.360 e. The molecule has 1 aromatic heterocycles. The molecule has 0 saturated carbocycles. The van der Waals surface area contributed by atoms with Gasteiger partial charge in [0.25, 0.3) is 5.91 Å². The van der Waals surface area contributed by atoms with Gasteiger partial charge in [-0.25, -0.2) is 0 Å². The van der Waals surface area contributed by atoms with Crippen LogP contribution in [0.4, 0.5) is 5.69 Å². The van der Waals surface area contributed by atoms with Gasteiger partial charge in [0.2, 0.25) is 0 Å². The fraction of sp³-hybridized carbons (Fsp3) is 0.118. The minimum Gasteiger partial charge on any atom is -0.360 e. The van der Waals surface area contributed by atoms with Gasteiger partial charge in [-0.05, 0) is 42.3 Å². The number of hydrogen-bond acceptors (Lipinski definition) is 4. The summed E-state index contributed by atoms with van der Waals surface area (Å²) in [5.41, 5.74) is 2.72. The molecule has 0 aliphatic carbocycles. The molecule has 2 aromatic rings. The van der Waals surface area contributed by atoms with Crippen LogP contribution in [0.1, 0.15) is 11.1 Å². The Hall–Kier alpha value is -2.65. The van der Waals surface area contributed by atoms with Crippen LogP contribution in [0.25, 0.3) is 0 Å². The van der Waals surface area contributed by atoms with Crippen LogP contribution in [0.5, 0.6) is 0 Å². The second kappa shape index (κ2) is 8.11. The molecule has 6 heteroatoms. The fourth-order valence-corrected chi connectivity index (χ4v) is 2.34. The average Bonchev–Trinajstić information content (AvgIpc) is 2.56. The van der Waals surface area contributed by atoms with E-state index in [1.807, 2.05) is 37.3 Å². The van der Waals surface area contributed by atoms with Crippen molar-refractivity contribution < 1.29 is 4.79 Å². The van der Waals surface area contributed by atoms with E-state index in [0.717, 1.165) is 21.3 Å². The second-order valence-corrected chi connectivity index (χ2v) is 5.73. The number of pyridine rings is 1. The Kier molecular flexibility index (Phi) is 5.89. The quantitative estimate of drug-likeness (QED) is 0.625. The third-order valence-electron chi connectivity index (χ3n) is 3.10. The molecular weight excluding hydrogens is 356 g/mol. The predicted octanol–water partition coefficient (Wildman–Crippen LogP) is 3.29. The lowest BCUT2D eigenvalue weighted by Crippen LogP contribution is -2.24. The van der Waals surface area contributed by atoms with Gasteiger partial charge in [0.15, 0.2) is 0 Å². The fourth-order valence-electron chi connectivity index (χ4n) is 1.87. The van der Waals surface area contributed by atoms with Gasteiger partial charge in [-0.3, -0.25) is 9.78 Å². The van der Waals surface area contributed by atoms with Crippen molar-refractivity contribution in [2.75, 3.05) is 5.32 Å². The zero-order valence-corrected chi connectivity index (χ0v) is 14.1. The van der Waals surface area contributed by atoms with E-state index in [1.54, 1.807) is 18.5 Å². The Morgan fingerprint density at radius 3 is 2.91 bits per heavy atom. The molecule has 0 aliphatic rings. The van der Waals surface area contributed by atoms with Crippen molar-refractivity contribution in [3.8, 4) is 6.07 Å². The molecule has 0 atom stereocenters. The highest BCUT2D eigenvalue weighted by Gasteiger charge is 2.08. The van der Waals surface area contributed by atoms with Crippen LogP contribution in [0.15, 0.2) is 59.0 Å². The van der Waals surface area contributed by atoms with Gasteiger partial charge in [-0.15, -0.1) is 0 Å². The number of nitriles is 1. The summed E-state index contributed by atoms with van der Waals surface area (Å²) in [4.78, 5) is 16.0. The van der Waals surface area contributed by atoms with Crippen molar-refractivity contribution in [2.45, 2.75) is 13.5 Å². The van der Waals surface area contributed by atoms with E-state index in [-0.39, 0.29) is 5.57 Å². The van der Waals surface area contributed by atoms with Crippen molar-refractivity contribution in [1.82, 2.24) is 10.3 Å². The first-order chi connectivity index (χ1) is 11.1. The number of rotatable bonds is 5. The summed E-state index contributed by atoms with van der Waals surface area (Å²) in [6.45, 7) is 2.26. The topological polar surface area (TPSA) is 77.8 Å². The third-order valence-corrected chi connectivity index (χ3v) is 3.59. The molecule has 0 aliphatic heterocycles. The van der Waals surface area contributed by atoms with E-state index in [1.165, 1.54) is 6.20 Å². The van der Waals surface area contributed by atoms with Gasteiger partial charge in [0.05, 0.1) is 0 Å². The number of nitrogens with one attached hydrogen (secondary N) is 2. The van der Waals surface area contributed by atoms with Gasteiger partial charge in [0.1, 0.15) is 11.6 Å². The lowest BCUT2D eigenvalue weighted by molar-refractivity contribution is -0.117. The minimum absolute atomic E-state index is 0.0104. The number of aromatic nitrogens is 1. The smallest absolute Gasteiger partial charge is 0.263 e. The molecule has 1 amide bonds. The zero-order valence-electron chi connectivity index (χ0n) is 12.5. The summed E-state index contributed by atoms with van der Waals surface area (Å²) in [5, 5.41) is 14.8. The van der Waals surface area contributed by atoms with Crippen LogP contribution >= 0.6 is 15.9 Å². The maximum Gasteiger partial charge on any atom is 0.263 e. The van der Waals surface area contributed by atoms with Gasteiger partial charge in [-0.1, -0.05) is 22.0 Å². The Labute approximate surface area is 143 Å². The van der Waals surface area contributed by atoms with Crippen molar-refractivity contribution >= 4 is 27.5 Å². The molecule has 0 bridgehead atoms. The minimum atomic E-state index is -0.432. The summed E-state index contributed by atoms with van der Waals surface area (Å²) in [5.74, 6) is -0.432. The van der Waals surface area contributed by atoms with Crippen LogP contribution in [-0.4, -0.2) is 10.9 Å². The standard InChI is InChI=1S/C17H15BrN4O/c1-12-7-15(18)4-5-16(12)21-11-14(8-19)17(23)22-10-13-3-2-6-20-9-13/h2-7,9,11,21H,10H2,1H3,(H,22,23)/b14-11-. The first kappa shape index (κ1) is 16.7. The maximum atomic E-state index is 12.0. The van der Waals surface area contributed by atoms with Gasteiger partial charge >= 0.3 is 0 Å². The van der Waals surface area contributed by atoms with E-state index in [4.69, 9.17) is 5.26 Å². The number of aryl methyl sites for hydroxylation is 1. The van der Waals surface area contributed by atoms with E-state index in [2.05, 4.69) is 31.5 Å². The molecule has 5 nitrogen and oxygen atoms in total. The number of amides is 1. The summed E-state index contributed by atoms with van der Waals surface area (Å²) < 4.78 is 0.972. The van der Waals surface area contributed by atoms with Gasteiger partial charge < -0.3 is 10.6 Å². The molecule has 116 valence electrons. The lowest BCUT2D eigenvalue weighted by Gasteiger charge is -2.07. The Balaban J connectivity index is 2.00. The predicted molar refractivity (Wildman–Crippen MR) is 92.3 cm³/mol. The van der Waals surface area contributed by atoms with E-state index in [0.29, 0.717) is 6.54 Å². The number of benzene rings is 1. The number of carbonyl (C=O) groups is 1. The number of anilines is 1. The van der Waals surface area contributed by atoms with Crippen molar-refractivity contribution in [2.24, 2.45) is 0 Å². The van der Waals surface area contributed by atoms with E-state index >= 15 is 0 Å². The van der Waals surface area contributed by atoms with Gasteiger partial charge in [-0.2, -0.15) is 5.26 Å². The molecule has 23 heavy (non-hydrogen) atoms. The molecule has 2 rings (SSSR count). The molecule has 1 aromatic carbocycles. The van der Waals surface area contributed by atoms with Crippen LogP contribution in [0.3, 0.4) is 0 Å². The third kappa shape index (κ3) is 4.94. The van der Waals surface area contributed by atoms with Crippen LogP contribution in [0.2, 0.25) is 0 Å². The maximum absolute atomic E-state index is 12.0. The zero-order chi connectivity index (χ0) is 16.7. The van der Waals surface area contributed by atoms with Crippen molar-refractivity contribution in [3.63, 3.8) is 0 Å².